The Labute approximate surface area is 137 Å². The molecule has 0 spiro atoms. The van der Waals surface area contributed by atoms with Crippen molar-refractivity contribution in [3.8, 4) is 11.3 Å². The van der Waals surface area contributed by atoms with Crippen LogP contribution in [0.2, 0.25) is 0 Å². The summed E-state index contributed by atoms with van der Waals surface area (Å²) in [6.07, 6.45) is 0. The average Bonchev–Trinajstić information content (AvgIpc) is 2.98. The van der Waals surface area contributed by atoms with Crippen molar-refractivity contribution in [2.24, 2.45) is 0 Å². The van der Waals surface area contributed by atoms with E-state index in [-0.39, 0.29) is 0 Å². The summed E-state index contributed by atoms with van der Waals surface area (Å²) < 4.78 is 1.08. The van der Waals surface area contributed by atoms with Crippen molar-refractivity contribution in [2.75, 3.05) is 5.32 Å². The van der Waals surface area contributed by atoms with E-state index in [9.17, 15) is 0 Å². The second-order valence-electron chi connectivity index (χ2n) is 4.81. The largest absolute Gasteiger partial charge is 0.378 e. The van der Waals surface area contributed by atoms with Crippen LogP contribution < -0.4 is 5.32 Å². The molecule has 1 heterocycles. The lowest BCUT2D eigenvalue weighted by atomic mass is 10.2. The quantitative estimate of drug-likeness (QED) is 0.666. The van der Waals surface area contributed by atoms with Crippen LogP contribution >= 0.6 is 27.3 Å². The van der Waals surface area contributed by atoms with Gasteiger partial charge in [-0.3, -0.25) is 0 Å². The number of halogens is 1. The van der Waals surface area contributed by atoms with Gasteiger partial charge in [-0.05, 0) is 24.6 Å². The minimum absolute atomic E-state index is 0.745. The number of thiazole rings is 1. The van der Waals surface area contributed by atoms with Crippen LogP contribution in [0.4, 0.5) is 5.69 Å². The Morgan fingerprint density at radius 1 is 1.14 bits per heavy atom. The predicted octanol–water partition coefficient (Wildman–Crippen LogP) is 5.49. The number of nitrogens with one attached hydrogen (secondary N) is 1. The number of nitrogens with zero attached hydrogens (tertiary/aromatic N) is 1. The molecule has 3 aromatic rings. The second kappa shape index (κ2) is 6.41. The molecule has 0 bridgehead atoms. The van der Waals surface area contributed by atoms with Gasteiger partial charge in [0.15, 0.2) is 0 Å². The second-order valence-corrected chi connectivity index (χ2v) is 6.66. The zero-order valence-corrected chi connectivity index (χ0v) is 14.0. The van der Waals surface area contributed by atoms with Gasteiger partial charge >= 0.3 is 0 Å². The van der Waals surface area contributed by atoms with Crippen LogP contribution in [0.25, 0.3) is 11.3 Å². The van der Waals surface area contributed by atoms with Crippen LogP contribution in [0.1, 0.15) is 10.6 Å². The Bertz CT molecular complexity index is 738. The Balaban J connectivity index is 1.72. The molecule has 0 saturated heterocycles. The van der Waals surface area contributed by atoms with Crippen LogP contribution in [-0.4, -0.2) is 4.98 Å². The Morgan fingerprint density at radius 2 is 1.95 bits per heavy atom. The average molecular weight is 359 g/mol. The molecule has 0 unspecified atom stereocenters. The molecule has 1 N–H and O–H groups in total. The van der Waals surface area contributed by atoms with Gasteiger partial charge in [-0.2, -0.15) is 0 Å². The van der Waals surface area contributed by atoms with Crippen LogP contribution in [0.3, 0.4) is 0 Å². The summed E-state index contributed by atoms with van der Waals surface area (Å²) in [5.74, 6) is 0. The van der Waals surface area contributed by atoms with Gasteiger partial charge in [-0.15, -0.1) is 11.3 Å². The number of hydrogen-bond acceptors (Lipinski definition) is 3. The van der Waals surface area contributed by atoms with Gasteiger partial charge in [-0.25, -0.2) is 4.98 Å². The smallest absolute Gasteiger partial charge is 0.112 e. The highest BCUT2D eigenvalue weighted by Gasteiger charge is 2.05. The molecule has 3 rings (SSSR count). The molecular formula is C17H15BrN2S. The van der Waals surface area contributed by atoms with Gasteiger partial charge in [0.1, 0.15) is 5.01 Å². The summed E-state index contributed by atoms with van der Waals surface area (Å²) in [5, 5.41) is 6.65. The first-order chi connectivity index (χ1) is 10.2. The van der Waals surface area contributed by atoms with Crippen molar-refractivity contribution >= 4 is 33.0 Å². The zero-order valence-electron chi connectivity index (χ0n) is 11.6. The van der Waals surface area contributed by atoms with Gasteiger partial charge in [0.2, 0.25) is 0 Å². The van der Waals surface area contributed by atoms with Gasteiger partial charge in [0.25, 0.3) is 0 Å². The highest BCUT2D eigenvalue weighted by Crippen LogP contribution is 2.24. The monoisotopic (exact) mass is 358 g/mol. The van der Waals surface area contributed by atoms with E-state index in [0.717, 1.165) is 27.4 Å². The molecule has 0 fully saturated rings. The van der Waals surface area contributed by atoms with Gasteiger partial charge in [0, 0.05) is 21.1 Å². The Kier molecular flexibility index (Phi) is 4.36. The third-order valence-corrected chi connectivity index (χ3v) is 4.59. The van der Waals surface area contributed by atoms with Gasteiger partial charge < -0.3 is 5.32 Å². The van der Waals surface area contributed by atoms with Gasteiger partial charge in [-0.1, -0.05) is 52.3 Å². The predicted molar refractivity (Wildman–Crippen MR) is 93.8 cm³/mol. The standard InChI is InChI=1S/C17H15BrN2S/c1-12-7-8-14(18)9-15(12)19-10-17-20-16(11-21-17)13-5-3-2-4-6-13/h2-9,11,19H,10H2,1H3. The summed E-state index contributed by atoms with van der Waals surface area (Å²) in [7, 11) is 0. The first-order valence-electron chi connectivity index (χ1n) is 6.72. The SMILES string of the molecule is Cc1ccc(Br)cc1NCc1nc(-c2ccccc2)cs1. The van der Waals surface area contributed by atoms with E-state index in [4.69, 9.17) is 4.98 Å². The molecule has 1 aromatic heterocycles. The number of aromatic nitrogens is 1. The van der Waals surface area contributed by atoms with Gasteiger partial charge in [0.05, 0.1) is 12.2 Å². The van der Waals surface area contributed by atoms with E-state index in [1.165, 1.54) is 11.1 Å². The molecule has 4 heteroatoms. The van der Waals surface area contributed by atoms with E-state index in [1.807, 2.05) is 18.2 Å². The fourth-order valence-corrected chi connectivity index (χ4v) is 3.19. The summed E-state index contributed by atoms with van der Waals surface area (Å²) in [5.41, 5.74) is 4.58. The van der Waals surface area contributed by atoms with E-state index < -0.39 is 0 Å². The topological polar surface area (TPSA) is 24.9 Å². The van der Waals surface area contributed by atoms with Crippen LogP contribution in [0.5, 0.6) is 0 Å². The maximum atomic E-state index is 4.69. The summed E-state index contributed by atoms with van der Waals surface area (Å²) in [4.78, 5) is 4.69. The number of benzene rings is 2. The third kappa shape index (κ3) is 3.52. The summed E-state index contributed by atoms with van der Waals surface area (Å²) in [6.45, 7) is 2.85. The Hall–Kier alpha value is -1.65. The summed E-state index contributed by atoms with van der Waals surface area (Å²) in [6, 6.07) is 16.5. The van der Waals surface area contributed by atoms with E-state index in [1.54, 1.807) is 11.3 Å². The lowest BCUT2D eigenvalue weighted by molar-refractivity contribution is 1.10. The molecule has 0 atom stereocenters. The van der Waals surface area contributed by atoms with Crippen molar-refractivity contribution in [1.29, 1.82) is 0 Å². The molecule has 0 aliphatic heterocycles. The number of rotatable bonds is 4. The maximum Gasteiger partial charge on any atom is 0.112 e. The van der Waals surface area contributed by atoms with E-state index in [0.29, 0.717) is 0 Å². The molecule has 0 saturated carbocycles. The Morgan fingerprint density at radius 3 is 2.76 bits per heavy atom. The number of aryl methyl sites for hydroxylation is 1. The van der Waals surface area contributed by atoms with Crippen molar-refractivity contribution < 1.29 is 0 Å². The van der Waals surface area contributed by atoms with E-state index in [2.05, 4.69) is 63.9 Å². The molecular weight excluding hydrogens is 344 g/mol. The highest BCUT2D eigenvalue weighted by atomic mass is 79.9. The molecule has 0 radical (unpaired) electrons. The van der Waals surface area contributed by atoms with Crippen molar-refractivity contribution in [2.45, 2.75) is 13.5 Å². The lowest BCUT2D eigenvalue weighted by Gasteiger charge is -2.08. The minimum atomic E-state index is 0.745. The fourth-order valence-electron chi connectivity index (χ4n) is 2.09. The molecule has 0 aliphatic carbocycles. The molecule has 2 aromatic carbocycles. The van der Waals surface area contributed by atoms with Crippen molar-refractivity contribution in [3.63, 3.8) is 0 Å². The van der Waals surface area contributed by atoms with Crippen LogP contribution in [0.15, 0.2) is 58.4 Å². The zero-order chi connectivity index (χ0) is 14.7. The first-order valence-corrected chi connectivity index (χ1v) is 8.39. The normalized spacial score (nSPS) is 10.6. The molecule has 21 heavy (non-hydrogen) atoms. The third-order valence-electron chi connectivity index (χ3n) is 3.25. The van der Waals surface area contributed by atoms with Crippen molar-refractivity contribution in [3.05, 3.63) is 69.0 Å². The lowest BCUT2D eigenvalue weighted by Crippen LogP contribution is -2.00. The fraction of sp³-hybridized carbons (Fsp3) is 0.118. The molecule has 2 nitrogen and oxygen atoms in total. The molecule has 106 valence electrons. The number of anilines is 1. The molecule has 0 amide bonds. The first kappa shape index (κ1) is 14.3. The van der Waals surface area contributed by atoms with Crippen molar-refractivity contribution in [1.82, 2.24) is 4.98 Å². The summed E-state index contributed by atoms with van der Waals surface area (Å²) >= 11 is 5.19. The molecule has 0 aliphatic rings. The maximum absolute atomic E-state index is 4.69. The van der Waals surface area contributed by atoms with E-state index >= 15 is 0 Å². The minimum Gasteiger partial charge on any atom is -0.378 e. The van der Waals surface area contributed by atoms with Crippen LogP contribution in [-0.2, 0) is 6.54 Å². The van der Waals surface area contributed by atoms with Crippen LogP contribution in [0, 0.1) is 6.92 Å². The highest BCUT2D eigenvalue weighted by molar-refractivity contribution is 9.10. The number of hydrogen-bond donors (Lipinski definition) is 1.